The van der Waals surface area contributed by atoms with E-state index in [-0.39, 0.29) is 17.4 Å². The number of thioether (sulfide) groups is 1. The first kappa shape index (κ1) is 18.9. The molecule has 2 aromatic carbocycles. The van der Waals surface area contributed by atoms with Crippen LogP contribution in [0.5, 0.6) is 5.75 Å². The molecule has 146 valence electrons. The van der Waals surface area contributed by atoms with E-state index < -0.39 is 6.61 Å². The van der Waals surface area contributed by atoms with Crippen LogP contribution in [0.1, 0.15) is 12.8 Å². The van der Waals surface area contributed by atoms with Crippen LogP contribution >= 0.6 is 11.8 Å². The summed E-state index contributed by atoms with van der Waals surface area (Å²) in [5.74, 6) is 0.728. The third-order valence-electron chi connectivity index (χ3n) is 4.49. The first-order valence-corrected chi connectivity index (χ1v) is 9.92. The minimum absolute atomic E-state index is 0.0362. The Balaban J connectivity index is 1.74. The van der Waals surface area contributed by atoms with Gasteiger partial charge in [-0.25, -0.2) is 4.98 Å². The van der Waals surface area contributed by atoms with Crippen molar-refractivity contribution in [3.8, 4) is 11.4 Å². The molecule has 1 atom stereocenters. The second-order valence-electron chi connectivity index (χ2n) is 6.37. The van der Waals surface area contributed by atoms with E-state index in [4.69, 9.17) is 4.74 Å². The molecular formula is C20H18F2N2O3S. The molecule has 2 heterocycles. The standard InChI is InChI=1S/C20H18F2N2O3S/c21-19(22)27-14-9-7-13(8-10-14)24-18(25)16-5-1-2-6-17(16)23-20(24)28-12-15-4-3-11-26-15/h1-2,5-10,15,19H,3-4,11-12H2/t15-/m1/s1. The minimum Gasteiger partial charge on any atom is -0.435 e. The van der Waals surface area contributed by atoms with E-state index in [1.54, 1.807) is 30.3 Å². The lowest BCUT2D eigenvalue weighted by Crippen LogP contribution is -2.22. The monoisotopic (exact) mass is 404 g/mol. The van der Waals surface area contributed by atoms with Crippen LogP contribution in [-0.4, -0.2) is 34.6 Å². The van der Waals surface area contributed by atoms with Crippen molar-refractivity contribution in [3.05, 3.63) is 58.9 Å². The number of nitrogens with zero attached hydrogens (tertiary/aromatic N) is 2. The first-order chi connectivity index (χ1) is 13.6. The third-order valence-corrected chi connectivity index (χ3v) is 5.56. The fourth-order valence-corrected chi connectivity index (χ4v) is 4.23. The second-order valence-corrected chi connectivity index (χ2v) is 7.36. The highest BCUT2D eigenvalue weighted by molar-refractivity contribution is 7.99. The number of fused-ring (bicyclic) bond motifs is 1. The number of ether oxygens (including phenoxy) is 2. The molecule has 1 aromatic heterocycles. The molecule has 0 aliphatic carbocycles. The summed E-state index contributed by atoms with van der Waals surface area (Å²) in [7, 11) is 0. The maximum Gasteiger partial charge on any atom is 0.387 e. The molecule has 1 saturated heterocycles. The maximum absolute atomic E-state index is 13.1. The van der Waals surface area contributed by atoms with Gasteiger partial charge in [-0.2, -0.15) is 8.78 Å². The molecule has 0 saturated carbocycles. The Bertz CT molecular complexity index is 1020. The predicted octanol–water partition coefficient (Wildman–Crippen LogP) is 4.26. The number of hydrogen-bond donors (Lipinski definition) is 0. The number of benzene rings is 2. The lowest BCUT2D eigenvalue weighted by atomic mass is 10.2. The average molecular weight is 404 g/mol. The highest BCUT2D eigenvalue weighted by atomic mass is 32.2. The molecule has 0 radical (unpaired) electrons. The van der Waals surface area contributed by atoms with Gasteiger partial charge in [0.25, 0.3) is 5.56 Å². The summed E-state index contributed by atoms with van der Waals surface area (Å²) in [5, 5.41) is 1.04. The Labute approximate surface area is 164 Å². The zero-order valence-corrected chi connectivity index (χ0v) is 15.7. The lowest BCUT2D eigenvalue weighted by molar-refractivity contribution is -0.0498. The van der Waals surface area contributed by atoms with Gasteiger partial charge in [-0.3, -0.25) is 9.36 Å². The smallest absolute Gasteiger partial charge is 0.387 e. The summed E-state index contributed by atoms with van der Waals surface area (Å²) < 4.78 is 36.4. The Hall–Kier alpha value is -2.45. The maximum atomic E-state index is 13.1. The molecular weight excluding hydrogens is 386 g/mol. The lowest BCUT2D eigenvalue weighted by Gasteiger charge is -2.15. The second kappa shape index (κ2) is 8.28. The molecule has 1 aliphatic heterocycles. The van der Waals surface area contributed by atoms with E-state index in [1.807, 2.05) is 6.07 Å². The topological polar surface area (TPSA) is 53.3 Å². The number of rotatable bonds is 6. The summed E-state index contributed by atoms with van der Waals surface area (Å²) in [6.45, 7) is -2.14. The van der Waals surface area contributed by atoms with Crippen LogP contribution in [-0.2, 0) is 4.74 Å². The van der Waals surface area contributed by atoms with E-state index in [9.17, 15) is 13.6 Å². The predicted molar refractivity (Wildman–Crippen MR) is 104 cm³/mol. The summed E-state index contributed by atoms with van der Waals surface area (Å²) in [5.41, 5.74) is 0.957. The van der Waals surface area contributed by atoms with Crippen LogP contribution < -0.4 is 10.3 Å². The molecule has 5 nitrogen and oxygen atoms in total. The molecule has 28 heavy (non-hydrogen) atoms. The number of alkyl halides is 2. The van der Waals surface area contributed by atoms with Crippen molar-refractivity contribution < 1.29 is 18.3 Å². The van der Waals surface area contributed by atoms with Crippen LogP contribution in [0, 0.1) is 0 Å². The van der Waals surface area contributed by atoms with Crippen molar-refractivity contribution in [2.75, 3.05) is 12.4 Å². The summed E-state index contributed by atoms with van der Waals surface area (Å²) in [6, 6.07) is 13.1. The Morgan fingerprint density at radius 1 is 1.21 bits per heavy atom. The van der Waals surface area contributed by atoms with E-state index in [0.717, 1.165) is 19.4 Å². The van der Waals surface area contributed by atoms with Crippen LogP contribution in [0.15, 0.2) is 58.5 Å². The molecule has 3 aromatic rings. The van der Waals surface area contributed by atoms with Gasteiger partial charge < -0.3 is 9.47 Å². The highest BCUT2D eigenvalue weighted by Crippen LogP contribution is 2.26. The molecule has 0 amide bonds. The molecule has 0 unspecified atom stereocenters. The zero-order chi connectivity index (χ0) is 19.5. The van der Waals surface area contributed by atoms with E-state index in [0.29, 0.717) is 27.5 Å². The van der Waals surface area contributed by atoms with Gasteiger partial charge >= 0.3 is 6.61 Å². The first-order valence-electron chi connectivity index (χ1n) is 8.93. The van der Waals surface area contributed by atoms with Crippen molar-refractivity contribution >= 4 is 22.7 Å². The summed E-state index contributed by atoms with van der Waals surface area (Å²) in [4.78, 5) is 17.8. The van der Waals surface area contributed by atoms with Gasteiger partial charge in [-0.1, -0.05) is 23.9 Å². The molecule has 8 heteroatoms. The van der Waals surface area contributed by atoms with E-state index in [1.165, 1.54) is 28.5 Å². The molecule has 0 N–H and O–H groups in total. The van der Waals surface area contributed by atoms with Crippen molar-refractivity contribution in [2.24, 2.45) is 0 Å². The van der Waals surface area contributed by atoms with Crippen LogP contribution in [0.3, 0.4) is 0 Å². The van der Waals surface area contributed by atoms with Crippen LogP contribution in [0.25, 0.3) is 16.6 Å². The van der Waals surface area contributed by atoms with Gasteiger partial charge in [0, 0.05) is 12.4 Å². The third kappa shape index (κ3) is 4.02. The largest absolute Gasteiger partial charge is 0.435 e. The fraction of sp³-hybridized carbons (Fsp3) is 0.300. The SMILES string of the molecule is O=c1c2ccccc2nc(SC[C@H]2CCCO2)n1-c1ccc(OC(F)F)cc1. The normalized spacial score (nSPS) is 16.8. The quantitative estimate of drug-likeness (QED) is 0.454. The molecule has 0 spiro atoms. The van der Waals surface area contributed by atoms with Crippen molar-refractivity contribution in [1.82, 2.24) is 9.55 Å². The minimum atomic E-state index is -2.89. The van der Waals surface area contributed by atoms with Crippen molar-refractivity contribution in [1.29, 1.82) is 0 Å². The number of hydrogen-bond acceptors (Lipinski definition) is 5. The Kier molecular flexibility index (Phi) is 5.59. The van der Waals surface area contributed by atoms with Crippen molar-refractivity contribution in [3.63, 3.8) is 0 Å². The molecule has 1 aliphatic rings. The van der Waals surface area contributed by atoms with E-state index in [2.05, 4.69) is 9.72 Å². The van der Waals surface area contributed by atoms with Crippen molar-refractivity contribution in [2.45, 2.75) is 30.7 Å². The average Bonchev–Trinajstić information content (AvgIpc) is 3.21. The van der Waals surface area contributed by atoms with Gasteiger partial charge in [-0.05, 0) is 49.2 Å². The van der Waals surface area contributed by atoms with Crippen LogP contribution in [0.4, 0.5) is 8.78 Å². The van der Waals surface area contributed by atoms with Crippen LogP contribution in [0.2, 0.25) is 0 Å². The highest BCUT2D eigenvalue weighted by Gasteiger charge is 2.19. The summed E-state index contributed by atoms with van der Waals surface area (Å²) in [6.07, 6.45) is 2.17. The summed E-state index contributed by atoms with van der Waals surface area (Å²) >= 11 is 1.46. The number of para-hydroxylation sites is 1. The molecule has 1 fully saturated rings. The van der Waals surface area contributed by atoms with Gasteiger partial charge in [0.2, 0.25) is 0 Å². The van der Waals surface area contributed by atoms with Gasteiger partial charge in [0.1, 0.15) is 5.75 Å². The van der Waals surface area contributed by atoms with E-state index >= 15 is 0 Å². The molecule has 0 bridgehead atoms. The number of aromatic nitrogens is 2. The fourth-order valence-electron chi connectivity index (χ4n) is 3.16. The van der Waals surface area contributed by atoms with Gasteiger partial charge in [0.05, 0.1) is 22.7 Å². The zero-order valence-electron chi connectivity index (χ0n) is 14.9. The van der Waals surface area contributed by atoms with Gasteiger partial charge in [-0.15, -0.1) is 0 Å². The Morgan fingerprint density at radius 3 is 2.71 bits per heavy atom. The molecule has 4 rings (SSSR count). The van der Waals surface area contributed by atoms with Gasteiger partial charge in [0.15, 0.2) is 5.16 Å². The number of halogens is 2. The Morgan fingerprint density at radius 2 is 2.00 bits per heavy atom.